The van der Waals surface area contributed by atoms with Gasteiger partial charge in [0.05, 0.1) is 17.8 Å². The van der Waals surface area contributed by atoms with Crippen LogP contribution in [0.2, 0.25) is 5.02 Å². The molecule has 2 heterocycles. The van der Waals surface area contributed by atoms with E-state index in [1.165, 1.54) is 5.56 Å². The lowest BCUT2D eigenvalue weighted by Crippen LogP contribution is -2.48. The fraction of sp³-hybridized carbons (Fsp3) is 0.292. The van der Waals surface area contributed by atoms with Gasteiger partial charge in [0.2, 0.25) is 5.91 Å². The third-order valence-corrected chi connectivity index (χ3v) is 5.70. The minimum absolute atomic E-state index is 0.129. The van der Waals surface area contributed by atoms with E-state index in [1.807, 2.05) is 53.4 Å². The normalized spacial score (nSPS) is 14.4. The Kier molecular flexibility index (Phi) is 6.66. The van der Waals surface area contributed by atoms with Gasteiger partial charge in [-0.15, -0.1) is 0 Å². The van der Waals surface area contributed by atoms with Gasteiger partial charge < -0.3 is 9.32 Å². The highest BCUT2D eigenvalue weighted by molar-refractivity contribution is 6.30. The van der Waals surface area contributed by atoms with Gasteiger partial charge in [0.15, 0.2) is 11.7 Å². The van der Waals surface area contributed by atoms with Crippen molar-refractivity contribution in [2.24, 2.45) is 0 Å². The summed E-state index contributed by atoms with van der Waals surface area (Å²) in [5.74, 6) is 1.37. The number of carbonyl (C=O) groups is 1. The molecule has 0 spiro atoms. The highest BCUT2D eigenvalue weighted by Gasteiger charge is 2.21. The molecule has 31 heavy (non-hydrogen) atoms. The lowest BCUT2D eigenvalue weighted by atomic mass is 10.1. The van der Waals surface area contributed by atoms with E-state index in [0.29, 0.717) is 35.1 Å². The summed E-state index contributed by atoms with van der Waals surface area (Å²) in [7, 11) is 0. The van der Waals surface area contributed by atoms with Gasteiger partial charge >= 0.3 is 0 Å². The van der Waals surface area contributed by atoms with Gasteiger partial charge in [0.25, 0.3) is 0 Å². The van der Waals surface area contributed by atoms with Gasteiger partial charge in [-0.2, -0.15) is 5.26 Å². The van der Waals surface area contributed by atoms with E-state index in [1.54, 1.807) is 6.20 Å². The number of nitrogens with zero attached hydrogens (tertiary/aromatic N) is 4. The Labute approximate surface area is 186 Å². The molecule has 1 amide bonds. The number of aromatic nitrogens is 1. The number of rotatable bonds is 6. The van der Waals surface area contributed by atoms with E-state index in [4.69, 9.17) is 21.3 Å². The van der Waals surface area contributed by atoms with Crippen LogP contribution in [-0.4, -0.2) is 46.9 Å². The zero-order valence-corrected chi connectivity index (χ0v) is 17.9. The monoisotopic (exact) mass is 434 g/mol. The second kappa shape index (κ2) is 9.78. The van der Waals surface area contributed by atoms with Crippen molar-refractivity contribution in [3.05, 3.63) is 76.8 Å². The molecule has 6 nitrogen and oxygen atoms in total. The van der Waals surface area contributed by atoms with Crippen LogP contribution in [0.25, 0.3) is 11.3 Å². The molecule has 7 heteroatoms. The van der Waals surface area contributed by atoms with Crippen LogP contribution < -0.4 is 0 Å². The number of aryl methyl sites for hydroxylation is 1. The summed E-state index contributed by atoms with van der Waals surface area (Å²) in [5, 5.41) is 9.57. The van der Waals surface area contributed by atoms with Crippen LogP contribution in [-0.2, 0) is 17.8 Å². The van der Waals surface area contributed by atoms with Crippen LogP contribution in [0.15, 0.2) is 59.1 Å². The second-order valence-corrected chi connectivity index (χ2v) is 8.03. The first-order chi connectivity index (χ1) is 15.1. The average Bonchev–Trinajstić information content (AvgIpc) is 3.28. The third-order valence-electron chi connectivity index (χ3n) is 5.45. The highest BCUT2D eigenvalue weighted by Crippen LogP contribution is 2.23. The van der Waals surface area contributed by atoms with Gasteiger partial charge in [-0.05, 0) is 42.0 Å². The SMILES string of the molecule is N#Cc1ccc(CN2CCN(C(=O)CCc3ncc(-c4ccc(Cl)cc4)o3)CC2)cc1. The molecular weight excluding hydrogens is 412 g/mol. The van der Waals surface area contributed by atoms with Gasteiger partial charge in [0.1, 0.15) is 0 Å². The first kappa shape index (κ1) is 21.1. The number of benzene rings is 2. The lowest BCUT2D eigenvalue weighted by molar-refractivity contribution is -0.133. The van der Waals surface area contributed by atoms with Crippen molar-refractivity contribution in [3.8, 4) is 17.4 Å². The molecule has 2 aromatic carbocycles. The predicted octanol–water partition coefficient (Wildman–Crippen LogP) is 4.14. The highest BCUT2D eigenvalue weighted by atomic mass is 35.5. The van der Waals surface area contributed by atoms with E-state index in [9.17, 15) is 4.79 Å². The largest absolute Gasteiger partial charge is 0.441 e. The van der Waals surface area contributed by atoms with Crippen LogP contribution >= 0.6 is 11.6 Å². The first-order valence-electron chi connectivity index (χ1n) is 10.3. The maximum Gasteiger partial charge on any atom is 0.223 e. The summed E-state index contributed by atoms with van der Waals surface area (Å²) in [6, 6.07) is 17.2. The van der Waals surface area contributed by atoms with Gasteiger partial charge in [-0.25, -0.2) is 4.98 Å². The minimum Gasteiger partial charge on any atom is -0.441 e. The van der Waals surface area contributed by atoms with Crippen LogP contribution in [0, 0.1) is 11.3 Å². The lowest BCUT2D eigenvalue weighted by Gasteiger charge is -2.34. The molecule has 0 saturated carbocycles. The topological polar surface area (TPSA) is 73.4 Å². The van der Waals surface area contributed by atoms with Crippen molar-refractivity contribution in [3.63, 3.8) is 0 Å². The molecule has 1 saturated heterocycles. The summed E-state index contributed by atoms with van der Waals surface area (Å²) in [6.45, 7) is 3.95. The van der Waals surface area contributed by atoms with Crippen LogP contribution in [0.3, 0.4) is 0 Å². The molecule has 1 aliphatic rings. The Bertz CT molecular complexity index is 1060. The molecular formula is C24H23ClN4O2. The van der Waals surface area contributed by atoms with E-state index >= 15 is 0 Å². The molecule has 3 aromatic rings. The number of hydrogen-bond donors (Lipinski definition) is 0. The molecule has 0 radical (unpaired) electrons. The van der Waals surface area contributed by atoms with Crippen LogP contribution in [0.4, 0.5) is 0 Å². The molecule has 1 fully saturated rings. The van der Waals surface area contributed by atoms with Crippen LogP contribution in [0.5, 0.6) is 0 Å². The maximum absolute atomic E-state index is 12.6. The summed E-state index contributed by atoms with van der Waals surface area (Å²) in [6.07, 6.45) is 2.55. The second-order valence-electron chi connectivity index (χ2n) is 7.59. The van der Waals surface area contributed by atoms with Gasteiger partial charge in [-0.1, -0.05) is 23.7 Å². The van der Waals surface area contributed by atoms with Crippen LogP contribution in [0.1, 0.15) is 23.4 Å². The smallest absolute Gasteiger partial charge is 0.223 e. The molecule has 4 rings (SSSR count). The summed E-state index contributed by atoms with van der Waals surface area (Å²) < 4.78 is 5.79. The minimum atomic E-state index is 0.129. The van der Waals surface area contributed by atoms with E-state index in [0.717, 1.165) is 38.3 Å². The Hall–Kier alpha value is -3.14. The molecule has 0 bridgehead atoms. The molecule has 0 atom stereocenters. The van der Waals surface area contributed by atoms with Crippen molar-refractivity contribution in [1.29, 1.82) is 5.26 Å². The summed E-state index contributed by atoms with van der Waals surface area (Å²) in [5.41, 5.74) is 2.76. The number of piperazine rings is 1. The van der Waals surface area contributed by atoms with E-state index < -0.39 is 0 Å². The molecule has 0 N–H and O–H groups in total. The average molecular weight is 435 g/mol. The molecule has 1 aliphatic heterocycles. The number of nitriles is 1. The molecule has 1 aromatic heterocycles. The Balaban J connectivity index is 1.23. The number of amides is 1. The standard InChI is InChI=1S/C24H23ClN4O2/c25-21-7-5-20(6-8-21)22-16-27-23(31-22)9-10-24(30)29-13-11-28(12-14-29)17-19-3-1-18(15-26)2-4-19/h1-8,16H,9-14,17H2. The fourth-order valence-corrected chi connectivity index (χ4v) is 3.77. The van der Waals surface area contributed by atoms with Crippen molar-refractivity contribution in [2.45, 2.75) is 19.4 Å². The van der Waals surface area contributed by atoms with E-state index in [2.05, 4.69) is 16.0 Å². The fourth-order valence-electron chi connectivity index (χ4n) is 3.64. The van der Waals surface area contributed by atoms with Crippen molar-refractivity contribution < 1.29 is 9.21 Å². The Morgan fingerprint density at radius 1 is 1.06 bits per heavy atom. The Morgan fingerprint density at radius 3 is 2.45 bits per heavy atom. The van der Waals surface area contributed by atoms with Gasteiger partial charge in [0, 0.05) is 56.2 Å². The number of halogens is 1. The zero-order valence-electron chi connectivity index (χ0n) is 17.1. The quantitative estimate of drug-likeness (QED) is 0.582. The first-order valence-corrected chi connectivity index (χ1v) is 10.7. The zero-order chi connectivity index (χ0) is 21.6. The van der Waals surface area contributed by atoms with Crippen molar-refractivity contribution in [1.82, 2.24) is 14.8 Å². The Morgan fingerprint density at radius 2 is 1.77 bits per heavy atom. The van der Waals surface area contributed by atoms with Crippen molar-refractivity contribution >= 4 is 17.5 Å². The van der Waals surface area contributed by atoms with Gasteiger partial charge in [-0.3, -0.25) is 9.69 Å². The van der Waals surface area contributed by atoms with E-state index in [-0.39, 0.29) is 5.91 Å². The number of oxazole rings is 1. The number of hydrogen-bond acceptors (Lipinski definition) is 5. The summed E-state index contributed by atoms with van der Waals surface area (Å²) >= 11 is 5.92. The maximum atomic E-state index is 12.6. The third kappa shape index (κ3) is 5.52. The molecule has 158 valence electrons. The molecule has 0 unspecified atom stereocenters. The summed E-state index contributed by atoms with van der Waals surface area (Å²) in [4.78, 5) is 21.2. The van der Waals surface area contributed by atoms with Crippen molar-refractivity contribution in [2.75, 3.05) is 26.2 Å². The molecule has 0 aliphatic carbocycles. The number of carbonyl (C=O) groups excluding carboxylic acids is 1. The predicted molar refractivity (Wildman–Crippen MR) is 118 cm³/mol.